The highest BCUT2D eigenvalue weighted by Crippen LogP contribution is 2.26. The van der Waals surface area contributed by atoms with Crippen LogP contribution in [-0.2, 0) is 0 Å². The van der Waals surface area contributed by atoms with Gasteiger partial charge in [-0.2, -0.15) is 0 Å². The molecule has 17 heavy (non-hydrogen) atoms. The normalized spacial score (nSPS) is 9.94. The number of hydrogen-bond acceptors (Lipinski definition) is 3. The molecule has 0 saturated heterocycles. The second kappa shape index (κ2) is 4.93. The first-order chi connectivity index (χ1) is 8.20. The minimum absolute atomic E-state index is 0.404. The van der Waals surface area contributed by atoms with Gasteiger partial charge < -0.3 is 10.6 Å². The van der Waals surface area contributed by atoms with Crippen LogP contribution in [-0.4, -0.2) is 17.0 Å². The molecule has 4 heteroatoms. The lowest BCUT2D eigenvalue weighted by Crippen LogP contribution is -2.17. The molecule has 3 nitrogen and oxygen atoms in total. The van der Waals surface area contributed by atoms with Gasteiger partial charge in [-0.05, 0) is 24.3 Å². The third kappa shape index (κ3) is 2.42. The van der Waals surface area contributed by atoms with E-state index in [9.17, 15) is 0 Å². The van der Waals surface area contributed by atoms with Crippen molar-refractivity contribution in [2.45, 2.75) is 0 Å². The van der Waals surface area contributed by atoms with Gasteiger partial charge in [0.1, 0.15) is 4.99 Å². The van der Waals surface area contributed by atoms with Gasteiger partial charge >= 0.3 is 0 Å². The number of anilines is 2. The molecule has 0 aliphatic rings. The Kier molecular flexibility index (Phi) is 3.35. The summed E-state index contributed by atoms with van der Waals surface area (Å²) in [5, 5.41) is 0. The highest BCUT2D eigenvalue weighted by atomic mass is 32.1. The van der Waals surface area contributed by atoms with Gasteiger partial charge in [-0.1, -0.05) is 24.4 Å². The fourth-order valence-electron chi connectivity index (χ4n) is 1.68. The molecule has 0 spiro atoms. The number of hydrogen-bond donors (Lipinski definition) is 1. The molecule has 0 aliphatic carbocycles. The summed E-state index contributed by atoms with van der Waals surface area (Å²) in [5.41, 5.74) is 8.64. The first-order valence-electron chi connectivity index (χ1n) is 5.22. The minimum atomic E-state index is 0.404. The van der Waals surface area contributed by atoms with Crippen LogP contribution in [0.15, 0.2) is 48.8 Å². The number of aromatic nitrogens is 1. The molecule has 0 fully saturated rings. The van der Waals surface area contributed by atoms with E-state index in [0.29, 0.717) is 4.99 Å². The van der Waals surface area contributed by atoms with Gasteiger partial charge in [0.2, 0.25) is 0 Å². The summed E-state index contributed by atoms with van der Waals surface area (Å²) < 4.78 is 0. The summed E-state index contributed by atoms with van der Waals surface area (Å²) in [4.78, 5) is 6.44. The van der Waals surface area contributed by atoms with E-state index in [0.717, 1.165) is 16.9 Å². The summed E-state index contributed by atoms with van der Waals surface area (Å²) in [7, 11) is 1.98. The molecular formula is C13H13N3S. The van der Waals surface area contributed by atoms with Crippen molar-refractivity contribution >= 4 is 28.6 Å². The molecule has 0 atom stereocenters. The Morgan fingerprint density at radius 1 is 1.18 bits per heavy atom. The van der Waals surface area contributed by atoms with Crippen molar-refractivity contribution in [1.82, 2.24) is 4.98 Å². The van der Waals surface area contributed by atoms with Crippen molar-refractivity contribution in [3.05, 3.63) is 54.4 Å². The van der Waals surface area contributed by atoms with Gasteiger partial charge in [0, 0.05) is 30.7 Å². The Labute approximate surface area is 106 Å². The second-order valence-corrected chi connectivity index (χ2v) is 4.09. The zero-order valence-electron chi connectivity index (χ0n) is 9.50. The Morgan fingerprint density at radius 3 is 2.47 bits per heavy atom. The van der Waals surface area contributed by atoms with Crippen molar-refractivity contribution < 1.29 is 0 Å². The van der Waals surface area contributed by atoms with E-state index in [2.05, 4.69) is 4.98 Å². The molecule has 2 N–H and O–H groups in total. The number of thiocarbonyl (C=S) groups is 1. The van der Waals surface area contributed by atoms with Crippen LogP contribution in [0.2, 0.25) is 0 Å². The summed E-state index contributed by atoms with van der Waals surface area (Å²) in [5.74, 6) is 0. The third-order valence-corrected chi connectivity index (χ3v) is 2.80. The number of benzene rings is 1. The van der Waals surface area contributed by atoms with Crippen molar-refractivity contribution in [3.63, 3.8) is 0 Å². The van der Waals surface area contributed by atoms with Crippen LogP contribution in [0.5, 0.6) is 0 Å². The maximum atomic E-state index is 5.72. The number of pyridine rings is 1. The molecule has 0 unspecified atom stereocenters. The zero-order chi connectivity index (χ0) is 12.3. The predicted molar refractivity (Wildman–Crippen MR) is 74.6 cm³/mol. The van der Waals surface area contributed by atoms with Gasteiger partial charge in [-0.3, -0.25) is 4.98 Å². The van der Waals surface area contributed by atoms with Crippen LogP contribution in [0.25, 0.3) is 0 Å². The van der Waals surface area contributed by atoms with Crippen molar-refractivity contribution in [2.75, 3.05) is 11.9 Å². The van der Waals surface area contributed by atoms with E-state index in [-0.39, 0.29) is 0 Å². The number of nitrogens with zero attached hydrogens (tertiary/aromatic N) is 2. The van der Waals surface area contributed by atoms with Crippen LogP contribution in [0.4, 0.5) is 11.4 Å². The van der Waals surface area contributed by atoms with Crippen LogP contribution >= 0.6 is 12.2 Å². The molecule has 2 rings (SSSR count). The molecule has 0 amide bonds. The Bertz CT molecular complexity index is 525. The summed E-state index contributed by atoms with van der Waals surface area (Å²) >= 11 is 5.06. The first kappa shape index (κ1) is 11.5. The Morgan fingerprint density at radius 2 is 1.82 bits per heavy atom. The average molecular weight is 243 g/mol. The van der Waals surface area contributed by atoms with Crippen molar-refractivity contribution in [1.29, 1.82) is 0 Å². The molecule has 0 bridgehead atoms. The van der Waals surface area contributed by atoms with E-state index in [1.165, 1.54) is 0 Å². The fraction of sp³-hybridized carbons (Fsp3) is 0.0769. The molecule has 1 aromatic heterocycles. The maximum Gasteiger partial charge on any atom is 0.106 e. The summed E-state index contributed by atoms with van der Waals surface area (Å²) in [6.45, 7) is 0. The lowest BCUT2D eigenvalue weighted by atomic mass is 10.1. The maximum absolute atomic E-state index is 5.72. The van der Waals surface area contributed by atoms with Crippen molar-refractivity contribution in [3.8, 4) is 0 Å². The lowest BCUT2D eigenvalue weighted by molar-refractivity contribution is 1.18. The second-order valence-electron chi connectivity index (χ2n) is 3.65. The molecule has 0 aliphatic heterocycles. The average Bonchev–Trinajstić information content (AvgIpc) is 2.39. The Hall–Kier alpha value is -1.94. The van der Waals surface area contributed by atoms with Crippen LogP contribution in [0.1, 0.15) is 5.56 Å². The SMILES string of the molecule is CN(c1ccncc1)c1ccccc1C(N)=S. The Balaban J connectivity index is 2.44. The zero-order valence-corrected chi connectivity index (χ0v) is 10.3. The van der Waals surface area contributed by atoms with E-state index >= 15 is 0 Å². The van der Waals surface area contributed by atoms with Gasteiger partial charge in [0.05, 0.1) is 5.69 Å². The first-order valence-corrected chi connectivity index (χ1v) is 5.63. The summed E-state index contributed by atoms with van der Waals surface area (Å²) in [6, 6.07) is 11.7. The van der Waals surface area contributed by atoms with E-state index in [1.54, 1.807) is 12.4 Å². The van der Waals surface area contributed by atoms with E-state index in [4.69, 9.17) is 18.0 Å². The molecule has 2 aromatic rings. The minimum Gasteiger partial charge on any atom is -0.389 e. The number of rotatable bonds is 3. The van der Waals surface area contributed by atoms with Gasteiger partial charge in [-0.25, -0.2) is 0 Å². The van der Waals surface area contributed by atoms with Crippen molar-refractivity contribution in [2.24, 2.45) is 5.73 Å². The quantitative estimate of drug-likeness (QED) is 0.841. The number of nitrogens with two attached hydrogens (primary N) is 1. The van der Waals surface area contributed by atoms with Crippen LogP contribution < -0.4 is 10.6 Å². The molecule has 0 saturated carbocycles. The van der Waals surface area contributed by atoms with Gasteiger partial charge in [0.25, 0.3) is 0 Å². The number of para-hydroxylation sites is 1. The lowest BCUT2D eigenvalue weighted by Gasteiger charge is -2.21. The summed E-state index contributed by atoms with van der Waals surface area (Å²) in [6.07, 6.45) is 3.52. The largest absolute Gasteiger partial charge is 0.389 e. The van der Waals surface area contributed by atoms with Crippen LogP contribution in [0, 0.1) is 0 Å². The molecule has 1 aromatic carbocycles. The topological polar surface area (TPSA) is 42.2 Å². The highest BCUT2D eigenvalue weighted by Gasteiger charge is 2.09. The van der Waals surface area contributed by atoms with Gasteiger partial charge in [0.15, 0.2) is 0 Å². The van der Waals surface area contributed by atoms with Crippen LogP contribution in [0.3, 0.4) is 0 Å². The predicted octanol–water partition coefficient (Wildman–Crippen LogP) is 2.48. The third-order valence-electron chi connectivity index (χ3n) is 2.58. The molecular weight excluding hydrogens is 230 g/mol. The molecule has 1 heterocycles. The highest BCUT2D eigenvalue weighted by molar-refractivity contribution is 7.80. The smallest absolute Gasteiger partial charge is 0.106 e. The fourth-order valence-corrected chi connectivity index (χ4v) is 1.85. The molecule has 0 radical (unpaired) electrons. The molecule has 86 valence electrons. The monoisotopic (exact) mass is 243 g/mol. The standard InChI is InChI=1S/C13H13N3S/c1-16(10-6-8-15-9-7-10)12-5-3-2-4-11(12)13(14)17/h2-9H,1H3,(H2,14,17). The van der Waals surface area contributed by atoms with Gasteiger partial charge in [-0.15, -0.1) is 0 Å². The van der Waals surface area contributed by atoms with E-state index in [1.807, 2.05) is 48.3 Å². The van der Waals surface area contributed by atoms with E-state index < -0.39 is 0 Å².